The summed E-state index contributed by atoms with van der Waals surface area (Å²) in [7, 11) is 0. The van der Waals surface area contributed by atoms with E-state index in [0.29, 0.717) is 37.7 Å². The maximum atomic E-state index is 12.4. The van der Waals surface area contributed by atoms with Crippen molar-refractivity contribution in [3.8, 4) is 0 Å². The molecule has 0 radical (unpaired) electrons. The van der Waals surface area contributed by atoms with Crippen LogP contribution in [0.25, 0.3) is 0 Å². The summed E-state index contributed by atoms with van der Waals surface area (Å²) in [4.78, 5) is 28.3. The Morgan fingerprint density at radius 1 is 1.04 bits per heavy atom. The second kappa shape index (κ2) is 8.23. The first kappa shape index (κ1) is 18.3. The molecule has 3 rings (SSSR count). The minimum atomic E-state index is -0.553. The number of nitrogens with zero attached hydrogens (tertiary/aromatic N) is 2. The molecular weight excluding hydrogens is 350 g/mol. The van der Waals surface area contributed by atoms with Crippen LogP contribution in [0.4, 0.5) is 5.69 Å². The number of anilines is 1. The molecule has 0 spiro atoms. The second-order valence-corrected chi connectivity index (χ2v) is 6.87. The van der Waals surface area contributed by atoms with E-state index in [1.807, 2.05) is 55.5 Å². The van der Waals surface area contributed by atoms with Crippen LogP contribution in [0, 0.1) is 6.92 Å². The van der Waals surface area contributed by atoms with Crippen molar-refractivity contribution in [2.75, 3.05) is 31.1 Å². The summed E-state index contributed by atoms with van der Waals surface area (Å²) < 4.78 is 0. The number of hydrogen-bond acceptors (Lipinski definition) is 3. The van der Waals surface area contributed by atoms with Crippen molar-refractivity contribution in [1.82, 2.24) is 10.2 Å². The zero-order chi connectivity index (χ0) is 18.5. The molecule has 1 aliphatic heterocycles. The van der Waals surface area contributed by atoms with Crippen molar-refractivity contribution >= 4 is 29.1 Å². The van der Waals surface area contributed by atoms with Crippen molar-refractivity contribution in [2.45, 2.75) is 13.5 Å². The Bertz CT molecular complexity index is 801. The molecule has 1 heterocycles. The molecule has 1 saturated heterocycles. The lowest BCUT2D eigenvalue weighted by Gasteiger charge is -2.35. The van der Waals surface area contributed by atoms with E-state index in [4.69, 9.17) is 11.6 Å². The summed E-state index contributed by atoms with van der Waals surface area (Å²) in [5.41, 5.74) is 3.14. The van der Waals surface area contributed by atoms with Crippen LogP contribution in [0.1, 0.15) is 11.1 Å². The number of piperazine rings is 1. The van der Waals surface area contributed by atoms with Gasteiger partial charge in [-0.1, -0.05) is 47.5 Å². The molecule has 1 aliphatic rings. The Morgan fingerprint density at radius 2 is 1.77 bits per heavy atom. The van der Waals surface area contributed by atoms with Gasteiger partial charge in [0.1, 0.15) is 0 Å². The summed E-state index contributed by atoms with van der Waals surface area (Å²) in [6, 6.07) is 15.5. The van der Waals surface area contributed by atoms with Crippen molar-refractivity contribution in [1.29, 1.82) is 0 Å². The van der Waals surface area contributed by atoms with Gasteiger partial charge in [-0.15, -0.1) is 0 Å². The first-order chi connectivity index (χ1) is 12.5. The SMILES string of the molecule is Cc1cccc(CNC(=O)C(=O)N2CCN(c3cccc(Cl)c3)CC2)c1. The largest absolute Gasteiger partial charge is 0.368 e. The normalized spacial score (nSPS) is 14.2. The van der Waals surface area contributed by atoms with E-state index in [1.165, 1.54) is 0 Å². The molecule has 6 heteroatoms. The third-order valence-corrected chi connectivity index (χ3v) is 4.71. The standard InChI is InChI=1S/C20H22ClN3O2/c1-15-4-2-5-16(12-15)14-22-19(25)20(26)24-10-8-23(9-11-24)18-7-3-6-17(21)13-18/h2-7,12-13H,8-11,14H2,1H3,(H,22,25). The molecule has 0 aliphatic carbocycles. The number of carbonyl (C=O) groups excluding carboxylic acids is 2. The molecule has 2 aromatic carbocycles. The van der Waals surface area contributed by atoms with Gasteiger partial charge < -0.3 is 15.1 Å². The van der Waals surface area contributed by atoms with Crippen LogP contribution in [0.3, 0.4) is 0 Å². The Balaban J connectivity index is 1.50. The predicted octanol–water partition coefficient (Wildman–Crippen LogP) is 2.61. The molecule has 0 bridgehead atoms. The number of hydrogen-bond donors (Lipinski definition) is 1. The van der Waals surface area contributed by atoms with Crippen LogP contribution in [-0.2, 0) is 16.1 Å². The van der Waals surface area contributed by atoms with Crippen molar-refractivity contribution in [3.63, 3.8) is 0 Å². The predicted molar refractivity (Wildman–Crippen MR) is 103 cm³/mol. The van der Waals surface area contributed by atoms with Gasteiger partial charge in [-0.3, -0.25) is 9.59 Å². The van der Waals surface area contributed by atoms with E-state index < -0.39 is 11.8 Å². The minimum absolute atomic E-state index is 0.356. The number of rotatable bonds is 3. The molecule has 2 aromatic rings. The quantitative estimate of drug-likeness (QED) is 0.844. The van der Waals surface area contributed by atoms with Gasteiger partial charge in [0.15, 0.2) is 0 Å². The van der Waals surface area contributed by atoms with E-state index in [-0.39, 0.29) is 0 Å². The molecule has 5 nitrogen and oxygen atoms in total. The van der Waals surface area contributed by atoms with Gasteiger partial charge in [-0.25, -0.2) is 0 Å². The highest BCUT2D eigenvalue weighted by Crippen LogP contribution is 2.20. The topological polar surface area (TPSA) is 52.7 Å². The van der Waals surface area contributed by atoms with E-state index >= 15 is 0 Å². The Hall–Kier alpha value is -2.53. The highest BCUT2D eigenvalue weighted by atomic mass is 35.5. The first-order valence-electron chi connectivity index (χ1n) is 8.66. The fourth-order valence-electron chi connectivity index (χ4n) is 3.06. The third-order valence-electron chi connectivity index (χ3n) is 4.47. The molecule has 0 atom stereocenters. The van der Waals surface area contributed by atoms with Crippen LogP contribution < -0.4 is 10.2 Å². The smallest absolute Gasteiger partial charge is 0.312 e. The fourth-order valence-corrected chi connectivity index (χ4v) is 3.25. The summed E-state index contributed by atoms with van der Waals surface area (Å²) in [5.74, 6) is -1.02. The Morgan fingerprint density at radius 3 is 2.46 bits per heavy atom. The Labute approximate surface area is 158 Å². The van der Waals surface area contributed by atoms with E-state index in [2.05, 4.69) is 10.2 Å². The molecule has 0 unspecified atom stereocenters. The lowest BCUT2D eigenvalue weighted by Crippen LogP contribution is -2.52. The highest BCUT2D eigenvalue weighted by molar-refractivity contribution is 6.35. The number of aryl methyl sites for hydroxylation is 1. The van der Waals surface area contributed by atoms with Gasteiger partial charge in [0.25, 0.3) is 0 Å². The lowest BCUT2D eigenvalue weighted by molar-refractivity contribution is -0.146. The molecular formula is C20H22ClN3O2. The van der Waals surface area contributed by atoms with Gasteiger partial charge in [0.2, 0.25) is 0 Å². The maximum absolute atomic E-state index is 12.4. The lowest BCUT2D eigenvalue weighted by atomic mass is 10.1. The number of benzene rings is 2. The molecule has 2 amide bonds. The van der Waals surface area contributed by atoms with Crippen molar-refractivity contribution < 1.29 is 9.59 Å². The number of nitrogens with one attached hydrogen (secondary N) is 1. The highest BCUT2D eigenvalue weighted by Gasteiger charge is 2.26. The van der Waals surface area contributed by atoms with Crippen molar-refractivity contribution in [3.05, 3.63) is 64.7 Å². The second-order valence-electron chi connectivity index (χ2n) is 6.43. The van der Waals surface area contributed by atoms with E-state index in [0.717, 1.165) is 16.8 Å². The van der Waals surface area contributed by atoms with Crippen LogP contribution in [0.5, 0.6) is 0 Å². The Kier molecular flexibility index (Phi) is 5.78. The molecule has 26 heavy (non-hydrogen) atoms. The van der Waals surface area contributed by atoms with Crippen LogP contribution >= 0.6 is 11.6 Å². The zero-order valence-electron chi connectivity index (χ0n) is 14.7. The molecule has 0 saturated carbocycles. The summed E-state index contributed by atoms with van der Waals surface area (Å²) >= 11 is 6.04. The average Bonchev–Trinajstić information content (AvgIpc) is 2.66. The molecule has 0 aromatic heterocycles. The number of amides is 2. The fraction of sp³-hybridized carbons (Fsp3) is 0.300. The van der Waals surface area contributed by atoms with Crippen LogP contribution in [0.15, 0.2) is 48.5 Å². The molecule has 1 N–H and O–H groups in total. The summed E-state index contributed by atoms with van der Waals surface area (Å²) in [5, 5.41) is 3.40. The average molecular weight is 372 g/mol. The zero-order valence-corrected chi connectivity index (χ0v) is 15.5. The number of halogens is 1. The van der Waals surface area contributed by atoms with E-state index in [1.54, 1.807) is 4.90 Å². The van der Waals surface area contributed by atoms with Gasteiger partial charge >= 0.3 is 11.8 Å². The maximum Gasteiger partial charge on any atom is 0.312 e. The van der Waals surface area contributed by atoms with Crippen molar-refractivity contribution in [2.24, 2.45) is 0 Å². The minimum Gasteiger partial charge on any atom is -0.368 e. The van der Waals surface area contributed by atoms with Gasteiger partial charge in [0, 0.05) is 43.4 Å². The van der Waals surface area contributed by atoms with E-state index in [9.17, 15) is 9.59 Å². The van der Waals surface area contributed by atoms with Gasteiger partial charge in [0.05, 0.1) is 0 Å². The molecule has 1 fully saturated rings. The number of carbonyl (C=O) groups is 2. The third kappa shape index (κ3) is 4.55. The summed E-state index contributed by atoms with van der Waals surface area (Å²) in [6.45, 7) is 4.74. The van der Waals surface area contributed by atoms with Crippen LogP contribution in [-0.4, -0.2) is 42.9 Å². The summed E-state index contributed by atoms with van der Waals surface area (Å²) in [6.07, 6.45) is 0. The van der Waals surface area contributed by atoms with Crippen LogP contribution in [0.2, 0.25) is 5.02 Å². The first-order valence-corrected chi connectivity index (χ1v) is 9.04. The monoisotopic (exact) mass is 371 g/mol. The molecule has 136 valence electrons. The van der Waals surface area contributed by atoms with Gasteiger partial charge in [-0.05, 0) is 30.7 Å². The van der Waals surface area contributed by atoms with Gasteiger partial charge in [-0.2, -0.15) is 0 Å².